The van der Waals surface area contributed by atoms with Gasteiger partial charge in [0.25, 0.3) is 5.91 Å². The molecule has 3 aliphatic rings. The number of carbonyl (C=O) groups excluding carboxylic acids is 3. The predicted octanol–water partition coefficient (Wildman–Crippen LogP) is 0.798. The molecule has 3 aliphatic heterocycles. The van der Waals surface area contributed by atoms with Crippen LogP contribution in [0.25, 0.3) is 0 Å². The largest absolute Gasteiger partial charge is 0.336 e. The van der Waals surface area contributed by atoms with Gasteiger partial charge < -0.3 is 19.6 Å². The maximum atomic E-state index is 12.7. The van der Waals surface area contributed by atoms with Gasteiger partial charge in [0.15, 0.2) is 0 Å². The molecule has 1 unspecified atom stereocenters. The summed E-state index contributed by atoms with van der Waals surface area (Å²) in [5.41, 5.74) is 1.62. The minimum absolute atomic E-state index is 0.0418. The lowest BCUT2D eigenvalue weighted by molar-refractivity contribution is -0.154. The molecule has 0 spiro atoms. The van der Waals surface area contributed by atoms with Gasteiger partial charge in [-0.2, -0.15) is 0 Å². The third-order valence-electron chi connectivity index (χ3n) is 6.18. The second kappa shape index (κ2) is 7.91. The van der Waals surface area contributed by atoms with Crippen LogP contribution in [0, 0.1) is 0 Å². The third-order valence-corrected chi connectivity index (χ3v) is 6.18. The molecular formula is C21H28N4O3. The number of amides is 3. The van der Waals surface area contributed by atoms with E-state index in [2.05, 4.69) is 11.8 Å². The van der Waals surface area contributed by atoms with Crippen molar-refractivity contribution in [2.24, 2.45) is 0 Å². The summed E-state index contributed by atoms with van der Waals surface area (Å²) in [4.78, 5) is 45.2. The van der Waals surface area contributed by atoms with Gasteiger partial charge in [-0.05, 0) is 37.1 Å². The number of likely N-dealkylation sites (N-methyl/N-ethyl adjacent to an activating group) is 1. The zero-order valence-corrected chi connectivity index (χ0v) is 16.5. The van der Waals surface area contributed by atoms with Gasteiger partial charge in [-0.1, -0.05) is 19.1 Å². The lowest BCUT2D eigenvalue weighted by atomic mass is 10.1. The molecule has 0 N–H and O–H groups in total. The Bertz CT molecular complexity index is 755. The number of nitrogens with zero attached hydrogens (tertiary/aromatic N) is 4. The molecule has 3 saturated heterocycles. The third kappa shape index (κ3) is 3.63. The standard InChI is InChI=1S/C21H28N4O3/c1-2-22-10-12-23(13-11-22)20(27)17-7-5-16(6-8-17)14-24-15-19(26)25-9-3-4-18(25)21(24)28/h5-8,18H,2-4,9-15H2,1H3. The Morgan fingerprint density at radius 2 is 1.75 bits per heavy atom. The van der Waals surface area contributed by atoms with Crippen molar-refractivity contribution in [1.29, 1.82) is 0 Å². The van der Waals surface area contributed by atoms with Crippen molar-refractivity contribution in [2.45, 2.75) is 32.4 Å². The topological polar surface area (TPSA) is 64.2 Å². The summed E-state index contributed by atoms with van der Waals surface area (Å²) >= 11 is 0. The average Bonchev–Trinajstić information content (AvgIpc) is 3.23. The maximum Gasteiger partial charge on any atom is 0.253 e. The number of carbonyl (C=O) groups is 3. The number of hydrogen-bond acceptors (Lipinski definition) is 4. The highest BCUT2D eigenvalue weighted by Crippen LogP contribution is 2.24. The van der Waals surface area contributed by atoms with E-state index in [4.69, 9.17) is 0 Å². The fourth-order valence-electron chi connectivity index (χ4n) is 4.42. The number of hydrogen-bond donors (Lipinski definition) is 0. The van der Waals surface area contributed by atoms with E-state index < -0.39 is 0 Å². The summed E-state index contributed by atoms with van der Waals surface area (Å²) < 4.78 is 0. The van der Waals surface area contributed by atoms with Crippen molar-refractivity contribution < 1.29 is 14.4 Å². The zero-order chi connectivity index (χ0) is 19.7. The number of fused-ring (bicyclic) bond motifs is 1. The van der Waals surface area contributed by atoms with Crippen LogP contribution in [0.5, 0.6) is 0 Å². The first kappa shape index (κ1) is 18.9. The van der Waals surface area contributed by atoms with Gasteiger partial charge in [-0.3, -0.25) is 14.4 Å². The van der Waals surface area contributed by atoms with Crippen molar-refractivity contribution in [1.82, 2.24) is 19.6 Å². The normalized spacial score (nSPS) is 23.3. The molecule has 0 aliphatic carbocycles. The molecule has 150 valence electrons. The number of piperazine rings is 2. The van der Waals surface area contributed by atoms with E-state index in [1.807, 2.05) is 29.2 Å². The van der Waals surface area contributed by atoms with Gasteiger partial charge >= 0.3 is 0 Å². The highest BCUT2D eigenvalue weighted by atomic mass is 16.2. The molecule has 3 heterocycles. The van der Waals surface area contributed by atoms with Crippen LogP contribution in [0.15, 0.2) is 24.3 Å². The second-order valence-corrected chi connectivity index (χ2v) is 7.86. The zero-order valence-electron chi connectivity index (χ0n) is 16.5. The minimum atomic E-state index is -0.274. The van der Waals surface area contributed by atoms with Crippen LogP contribution < -0.4 is 0 Å². The molecule has 0 saturated carbocycles. The quantitative estimate of drug-likeness (QED) is 0.770. The summed E-state index contributed by atoms with van der Waals surface area (Å²) in [6, 6.07) is 7.19. The average molecular weight is 384 g/mol. The SMILES string of the molecule is CCN1CCN(C(=O)c2ccc(CN3CC(=O)N4CCCC4C3=O)cc2)CC1. The van der Waals surface area contributed by atoms with E-state index in [-0.39, 0.29) is 30.3 Å². The fraction of sp³-hybridized carbons (Fsp3) is 0.571. The van der Waals surface area contributed by atoms with Crippen LogP contribution in [0.2, 0.25) is 0 Å². The predicted molar refractivity (Wildman–Crippen MR) is 105 cm³/mol. The van der Waals surface area contributed by atoms with Gasteiger partial charge in [-0.25, -0.2) is 0 Å². The summed E-state index contributed by atoms with van der Waals surface area (Å²) in [5.74, 6) is 0.152. The van der Waals surface area contributed by atoms with Gasteiger partial charge in [-0.15, -0.1) is 0 Å². The van der Waals surface area contributed by atoms with E-state index >= 15 is 0 Å². The molecular weight excluding hydrogens is 356 g/mol. The molecule has 1 aromatic rings. The van der Waals surface area contributed by atoms with Crippen molar-refractivity contribution >= 4 is 17.7 Å². The molecule has 7 nitrogen and oxygen atoms in total. The summed E-state index contributed by atoms with van der Waals surface area (Å²) in [7, 11) is 0. The van der Waals surface area contributed by atoms with Gasteiger partial charge in [0.2, 0.25) is 11.8 Å². The van der Waals surface area contributed by atoms with Crippen LogP contribution in [0.4, 0.5) is 0 Å². The molecule has 7 heteroatoms. The lowest BCUT2D eigenvalue weighted by Gasteiger charge is -2.36. The van der Waals surface area contributed by atoms with Crippen LogP contribution in [-0.4, -0.2) is 89.2 Å². The van der Waals surface area contributed by atoms with E-state index in [0.717, 1.165) is 51.1 Å². The first-order valence-electron chi connectivity index (χ1n) is 10.3. The first-order chi connectivity index (χ1) is 13.6. The van der Waals surface area contributed by atoms with Crippen LogP contribution >= 0.6 is 0 Å². The smallest absolute Gasteiger partial charge is 0.253 e. The van der Waals surface area contributed by atoms with E-state index in [1.165, 1.54) is 0 Å². The molecule has 28 heavy (non-hydrogen) atoms. The van der Waals surface area contributed by atoms with E-state index in [1.54, 1.807) is 9.80 Å². The fourth-order valence-corrected chi connectivity index (χ4v) is 4.42. The maximum absolute atomic E-state index is 12.7. The van der Waals surface area contributed by atoms with Crippen LogP contribution in [0.3, 0.4) is 0 Å². The van der Waals surface area contributed by atoms with Crippen molar-refractivity contribution in [2.75, 3.05) is 45.8 Å². The van der Waals surface area contributed by atoms with Gasteiger partial charge in [0.1, 0.15) is 12.6 Å². The Morgan fingerprint density at radius 1 is 1.04 bits per heavy atom. The summed E-state index contributed by atoms with van der Waals surface area (Å²) in [6.45, 7) is 7.79. The Labute approximate surface area is 165 Å². The van der Waals surface area contributed by atoms with E-state index in [9.17, 15) is 14.4 Å². The Hall–Kier alpha value is -2.41. The summed E-state index contributed by atoms with van der Waals surface area (Å²) in [6.07, 6.45) is 1.67. The van der Waals surface area contributed by atoms with Crippen LogP contribution in [-0.2, 0) is 16.1 Å². The second-order valence-electron chi connectivity index (χ2n) is 7.86. The van der Waals surface area contributed by atoms with Crippen molar-refractivity contribution in [3.05, 3.63) is 35.4 Å². The van der Waals surface area contributed by atoms with Gasteiger partial charge in [0.05, 0.1) is 0 Å². The number of benzene rings is 1. The van der Waals surface area contributed by atoms with Gasteiger partial charge in [0, 0.05) is 44.8 Å². The Kier molecular flexibility index (Phi) is 5.35. The Morgan fingerprint density at radius 3 is 2.43 bits per heavy atom. The molecule has 3 amide bonds. The van der Waals surface area contributed by atoms with E-state index in [0.29, 0.717) is 18.7 Å². The molecule has 0 radical (unpaired) electrons. The molecule has 1 aromatic carbocycles. The number of rotatable bonds is 4. The molecule has 4 rings (SSSR count). The van der Waals surface area contributed by atoms with Crippen molar-refractivity contribution in [3.63, 3.8) is 0 Å². The molecule has 3 fully saturated rings. The highest BCUT2D eigenvalue weighted by molar-refractivity contribution is 5.95. The first-order valence-corrected chi connectivity index (χ1v) is 10.3. The molecule has 0 aromatic heterocycles. The summed E-state index contributed by atoms with van der Waals surface area (Å²) in [5, 5.41) is 0. The molecule has 0 bridgehead atoms. The van der Waals surface area contributed by atoms with Crippen molar-refractivity contribution in [3.8, 4) is 0 Å². The monoisotopic (exact) mass is 384 g/mol. The molecule has 1 atom stereocenters. The van der Waals surface area contributed by atoms with Crippen LogP contribution in [0.1, 0.15) is 35.7 Å². The minimum Gasteiger partial charge on any atom is -0.336 e. The Balaban J connectivity index is 1.38. The highest BCUT2D eigenvalue weighted by Gasteiger charge is 2.41. The lowest BCUT2D eigenvalue weighted by Crippen LogP contribution is -2.56.